The van der Waals surface area contributed by atoms with Crippen molar-refractivity contribution in [1.82, 2.24) is 4.98 Å². The number of morpholine rings is 2. The van der Waals surface area contributed by atoms with Gasteiger partial charge in [-0.3, -0.25) is 0 Å². The van der Waals surface area contributed by atoms with Crippen LogP contribution in [0, 0.1) is 5.92 Å². The molecule has 1 aromatic heterocycles. The average molecular weight is 560 g/mol. The summed E-state index contributed by atoms with van der Waals surface area (Å²) < 4.78 is 11.1. The lowest BCUT2D eigenvalue weighted by molar-refractivity contribution is 0.122. The minimum absolute atomic E-state index is 0.00719. The normalized spacial score (nSPS) is 21.0. The molecule has 42 heavy (non-hydrogen) atoms. The van der Waals surface area contributed by atoms with Crippen LogP contribution in [0.4, 0.5) is 17.2 Å². The third kappa shape index (κ3) is 5.62. The minimum Gasteiger partial charge on any atom is -0.378 e. The molecule has 3 aliphatic heterocycles. The van der Waals surface area contributed by atoms with Gasteiger partial charge < -0.3 is 19.3 Å². The molecule has 4 heterocycles. The number of nitrogens with zero attached hydrogens (tertiary/aromatic N) is 5. The molecule has 4 aromatic rings. The predicted octanol–water partition coefficient (Wildman–Crippen LogP) is 5.58. The molecule has 0 radical (unpaired) electrons. The summed E-state index contributed by atoms with van der Waals surface area (Å²) in [6.07, 6.45) is 2.73. The van der Waals surface area contributed by atoms with Gasteiger partial charge in [0, 0.05) is 49.7 Å². The van der Waals surface area contributed by atoms with E-state index in [0.29, 0.717) is 0 Å². The second-order valence-corrected chi connectivity index (χ2v) is 11.1. The summed E-state index contributed by atoms with van der Waals surface area (Å²) in [6.45, 7) is 6.80. The summed E-state index contributed by atoms with van der Waals surface area (Å²) in [5.41, 5.74) is 7.27. The highest BCUT2D eigenvalue weighted by atomic mass is 16.5. The van der Waals surface area contributed by atoms with Crippen LogP contribution in [0.2, 0.25) is 0 Å². The molecule has 7 rings (SSSR count). The summed E-state index contributed by atoms with van der Waals surface area (Å²) in [7, 11) is 0. The van der Waals surface area contributed by atoms with Gasteiger partial charge in [-0.15, -0.1) is 0 Å². The number of hydrazone groups is 1. The van der Waals surface area contributed by atoms with E-state index in [9.17, 15) is 0 Å². The summed E-state index contributed by atoms with van der Waals surface area (Å²) in [6, 6.07) is 34.9. The second-order valence-electron chi connectivity index (χ2n) is 11.1. The Morgan fingerprint density at radius 2 is 1.24 bits per heavy atom. The van der Waals surface area contributed by atoms with Gasteiger partial charge in [-0.2, -0.15) is 5.10 Å². The van der Waals surface area contributed by atoms with Crippen molar-refractivity contribution in [3.05, 3.63) is 120 Å². The molecular formula is C35H37N5O2. The van der Waals surface area contributed by atoms with E-state index in [1.165, 1.54) is 22.5 Å². The van der Waals surface area contributed by atoms with Gasteiger partial charge >= 0.3 is 0 Å². The Morgan fingerprint density at radius 1 is 0.643 bits per heavy atom. The van der Waals surface area contributed by atoms with Crippen molar-refractivity contribution in [1.29, 1.82) is 0 Å². The number of anilines is 3. The number of ether oxygens (including phenoxy) is 2. The number of hydrogen-bond donors (Lipinski definition) is 0. The SMILES string of the molecule is c1ccc(CC2C(c3ccc(N4CCOCC4)cc3)=NN(c3ccccn3)C2c2ccc(N3CCOCC3)cc2)cc1. The Balaban J connectivity index is 1.27. The van der Waals surface area contributed by atoms with Crippen LogP contribution in [-0.4, -0.2) is 63.3 Å². The molecule has 0 amide bonds. The van der Waals surface area contributed by atoms with Gasteiger partial charge in [-0.05, 0) is 59.5 Å². The zero-order chi connectivity index (χ0) is 28.1. The van der Waals surface area contributed by atoms with E-state index >= 15 is 0 Å². The summed E-state index contributed by atoms with van der Waals surface area (Å²) in [5, 5.41) is 7.49. The van der Waals surface area contributed by atoms with Crippen LogP contribution in [0.25, 0.3) is 0 Å². The van der Waals surface area contributed by atoms with Gasteiger partial charge in [0.25, 0.3) is 0 Å². The largest absolute Gasteiger partial charge is 0.378 e. The average Bonchev–Trinajstić information content (AvgIpc) is 3.45. The van der Waals surface area contributed by atoms with E-state index in [1.54, 1.807) is 0 Å². The monoisotopic (exact) mass is 559 g/mol. The van der Waals surface area contributed by atoms with Gasteiger partial charge in [0.15, 0.2) is 0 Å². The fourth-order valence-electron chi connectivity index (χ4n) is 6.35. The van der Waals surface area contributed by atoms with Crippen LogP contribution in [0.5, 0.6) is 0 Å². The van der Waals surface area contributed by atoms with E-state index in [2.05, 4.69) is 99.7 Å². The van der Waals surface area contributed by atoms with Gasteiger partial charge in [0.05, 0.1) is 38.2 Å². The number of hydrogen-bond acceptors (Lipinski definition) is 7. The molecule has 0 bridgehead atoms. The zero-order valence-electron chi connectivity index (χ0n) is 23.9. The molecule has 2 fully saturated rings. The van der Waals surface area contributed by atoms with Crippen LogP contribution in [-0.2, 0) is 15.9 Å². The predicted molar refractivity (Wildman–Crippen MR) is 169 cm³/mol. The second kappa shape index (κ2) is 12.3. The molecule has 2 saturated heterocycles. The standard InChI is InChI=1S/C35H37N5O2/c1-2-6-27(7-3-1)26-32-34(28-9-13-30(14-10-28)38-18-22-41-23-19-38)37-40(33-8-4-5-17-36-33)35(32)29-11-15-31(16-12-29)39-20-24-42-25-21-39/h1-17,32,35H,18-26H2. The molecule has 2 atom stereocenters. The fourth-order valence-corrected chi connectivity index (χ4v) is 6.35. The van der Waals surface area contributed by atoms with Crippen LogP contribution in [0.1, 0.15) is 22.7 Å². The third-order valence-electron chi connectivity index (χ3n) is 8.54. The molecule has 3 aromatic carbocycles. The van der Waals surface area contributed by atoms with Gasteiger partial charge in [-0.1, -0.05) is 60.7 Å². The van der Waals surface area contributed by atoms with E-state index in [0.717, 1.165) is 76.1 Å². The number of benzene rings is 3. The topological polar surface area (TPSA) is 53.4 Å². The van der Waals surface area contributed by atoms with Crippen LogP contribution in [0.3, 0.4) is 0 Å². The first-order chi connectivity index (χ1) is 20.8. The van der Waals surface area contributed by atoms with Gasteiger partial charge in [-0.25, -0.2) is 9.99 Å². The van der Waals surface area contributed by atoms with Gasteiger partial charge in [0.1, 0.15) is 5.82 Å². The van der Waals surface area contributed by atoms with E-state index in [1.807, 2.05) is 18.3 Å². The smallest absolute Gasteiger partial charge is 0.149 e. The highest BCUT2D eigenvalue weighted by molar-refractivity contribution is 6.05. The van der Waals surface area contributed by atoms with Crippen LogP contribution >= 0.6 is 0 Å². The van der Waals surface area contributed by atoms with Crippen molar-refractivity contribution in [3.8, 4) is 0 Å². The molecule has 7 heteroatoms. The Labute approximate surface area is 248 Å². The highest BCUT2D eigenvalue weighted by Gasteiger charge is 2.40. The molecule has 0 saturated carbocycles. The number of pyridine rings is 1. The molecule has 214 valence electrons. The Kier molecular flexibility index (Phi) is 7.85. The van der Waals surface area contributed by atoms with Crippen molar-refractivity contribution >= 4 is 22.9 Å². The lowest BCUT2D eigenvalue weighted by Crippen LogP contribution is -2.36. The first-order valence-electron chi connectivity index (χ1n) is 15.0. The summed E-state index contributed by atoms with van der Waals surface area (Å²) in [5.74, 6) is 0.996. The maximum absolute atomic E-state index is 5.58. The first-order valence-corrected chi connectivity index (χ1v) is 15.0. The number of rotatable bonds is 7. The molecule has 3 aliphatic rings. The molecule has 0 N–H and O–H groups in total. The maximum Gasteiger partial charge on any atom is 0.149 e. The van der Waals surface area contributed by atoms with E-state index in [4.69, 9.17) is 19.6 Å². The van der Waals surface area contributed by atoms with Gasteiger partial charge in [0.2, 0.25) is 0 Å². The van der Waals surface area contributed by atoms with Crippen LogP contribution in [0.15, 0.2) is 108 Å². The fraction of sp³-hybridized carbons (Fsp3) is 0.314. The Morgan fingerprint density at radius 3 is 1.83 bits per heavy atom. The maximum atomic E-state index is 5.58. The molecule has 0 spiro atoms. The quantitative estimate of drug-likeness (QED) is 0.295. The number of aromatic nitrogens is 1. The lowest BCUT2D eigenvalue weighted by Gasteiger charge is -2.31. The van der Waals surface area contributed by atoms with Crippen molar-refractivity contribution in [2.45, 2.75) is 12.5 Å². The Bertz CT molecular complexity index is 1470. The van der Waals surface area contributed by atoms with Crippen molar-refractivity contribution < 1.29 is 9.47 Å². The summed E-state index contributed by atoms with van der Waals surface area (Å²) in [4.78, 5) is 9.54. The lowest BCUT2D eigenvalue weighted by atomic mass is 9.82. The minimum atomic E-state index is 0.00719. The van der Waals surface area contributed by atoms with Crippen LogP contribution < -0.4 is 14.8 Å². The molecular weight excluding hydrogens is 522 g/mol. The Hall–Kier alpha value is -4.20. The zero-order valence-corrected chi connectivity index (χ0v) is 23.9. The van der Waals surface area contributed by atoms with Crippen molar-refractivity contribution in [2.24, 2.45) is 11.0 Å². The van der Waals surface area contributed by atoms with E-state index in [-0.39, 0.29) is 12.0 Å². The third-order valence-corrected chi connectivity index (χ3v) is 8.54. The summed E-state index contributed by atoms with van der Waals surface area (Å²) >= 11 is 0. The highest BCUT2D eigenvalue weighted by Crippen LogP contribution is 2.42. The van der Waals surface area contributed by atoms with Crippen molar-refractivity contribution in [2.75, 3.05) is 67.4 Å². The molecule has 2 unspecified atom stereocenters. The van der Waals surface area contributed by atoms with Crippen molar-refractivity contribution in [3.63, 3.8) is 0 Å². The van der Waals surface area contributed by atoms with E-state index < -0.39 is 0 Å². The molecule has 7 nitrogen and oxygen atoms in total. The first kappa shape index (κ1) is 26.7. The molecule has 0 aliphatic carbocycles.